The Morgan fingerprint density at radius 1 is 1.00 bits per heavy atom. The molecule has 0 bridgehead atoms. The van der Waals surface area contributed by atoms with Crippen molar-refractivity contribution in [2.45, 2.75) is 33.6 Å². The van der Waals surface area contributed by atoms with Crippen molar-refractivity contribution in [3.05, 3.63) is 89.0 Å². The lowest BCUT2D eigenvalue weighted by atomic mass is 10.0. The average molecular weight is 413 g/mol. The number of rotatable bonds is 6. The van der Waals surface area contributed by atoms with Gasteiger partial charge in [-0.3, -0.25) is 9.78 Å². The zero-order valence-electron chi connectivity index (χ0n) is 18.6. The molecule has 3 heterocycles. The van der Waals surface area contributed by atoms with Gasteiger partial charge in [-0.15, -0.1) is 0 Å². The van der Waals surface area contributed by atoms with Gasteiger partial charge in [0.05, 0.1) is 17.8 Å². The predicted molar refractivity (Wildman–Crippen MR) is 124 cm³/mol. The molecule has 0 atom stereocenters. The van der Waals surface area contributed by atoms with Crippen molar-refractivity contribution in [2.75, 3.05) is 13.6 Å². The standard InChI is InChI=1S/C26H28N4O/c1-18-7-8-22(16-20(18)3)25-23(30-14-5-6-19(2)26(30)28-25)17-24(31)29(4)15-11-21-9-12-27-13-10-21/h5-10,12-14,16H,11,15,17H2,1-4H3. The maximum atomic E-state index is 13.1. The molecule has 0 saturated carbocycles. The lowest BCUT2D eigenvalue weighted by Crippen LogP contribution is -2.30. The van der Waals surface area contributed by atoms with Gasteiger partial charge in [0.15, 0.2) is 0 Å². The Hall–Kier alpha value is -3.47. The summed E-state index contributed by atoms with van der Waals surface area (Å²) in [4.78, 5) is 23.9. The van der Waals surface area contributed by atoms with Crippen LogP contribution in [-0.2, 0) is 17.6 Å². The van der Waals surface area contributed by atoms with Crippen LogP contribution < -0.4 is 0 Å². The number of fused-ring (bicyclic) bond motifs is 1. The van der Waals surface area contributed by atoms with E-state index in [4.69, 9.17) is 4.98 Å². The molecule has 4 rings (SSSR count). The number of hydrogen-bond acceptors (Lipinski definition) is 3. The Kier molecular flexibility index (Phi) is 5.85. The first kappa shape index (κ1) is 20.8. The van der Waals surface area contributed by atoms with Gasteiger partial charge in [0.25, 0.3) is 0 Å². The summed E-state index contributed by atoms with van der Waals surface area (Å²) in [7, 11) is 1.87. The Labute approximate surface area is 183 Å². The lowest BCUT2D eigenvalue weighted by molar-refractivity contribution is -0.129. The molecular weight excluding hydrogens is 384 g/mol. The van der Waals surface area contributed by atoms with Crippen LogP contribution in [0, 0.1) is 20.8 Å². The molecule has 1 aromatic carbocycles. The van der Waals surface area contributed by atoms with Crippen LogP contribution in [0.4, 0.5) is 0 Å². The molecule has 5 nitrogen and oxygen atoms in total. The highest BCUT2D eigenvalue weighted by atomic mass is 16.2. The summed E-state index contributed by atoms with van der Waals surface area (Å²) >= 11 is 0. The lowest BCUT2D eigenvalue weighted by Gasteiger charge is -2.17. The molecule has 0 unspecified atom stereocenters. The summed E-state index contributed by atoms with van der Waals surface area (Å²) in [5, 5.41) is 0. The number of carbonyl (C=O) groups excluding carboxylic acids is 1. The smallest absolute Gasteiger partial charge is 0.228 e. The molecule has 0 aliphatic rings. The molecule has 3 aromatic heterocycles. The van der Waals surface area contributed by atoms with Gasteiger partial charge in [-0.05, 0) is 73.7 Å². The predicted octanol–water partition coefficient (Wildman–Crippen LogP) is 4.57. The largest absolute Gasteiger partial charge is 0.345 e. The molecule has 0 radical (unpaired) electrons. The van der Waals surface area contributed by atoms with Crippen LogP contribution in [0.2, 0.25) is 0 Å². The van der Waals surface area contributed by atoms with Crippen LogP contribution in [0.3, 0.4) is 0 Å². The highest BCUT2D eigenvalue weighted by Gasteiger charge is 2.20. The Bertz CT molecular complexity index is 1230. The molecule has 158 valence electrons. The van der Waals surface area contributed by atoms with Gasteiger partial charge in [-0.2, -0.15) is 0 Å². The molecule has 0 N–H and O–H groups in total. The molecule has 0 saturated heterocycles. The second-order valence-electron chi connectivity index (χ2n) is 8.19. The van der Waals surface area contributed by atoms with E-state index in [0.717, 1.165) is 34.6 Å². The van der Waals surface area contributed by atoms with Crippen LogP contribution in [0.5, 0.6) is 0 Å². The number of aromatic nitrogens is 3. The number of aryl methyl sites for hydroxylation is 3. The van der Waals surface area contributed by atoms with Gasteiger partial charge in [0.1, 0.15) is 5.65 Å². The number of pyridine rings is 2. The molecule has 1 amide bonds. The number of carbonyl (C=O) groups is 1. The van der Waals surface area contributed by atoms with E-state index < -0.39 is 0 Å². The summed E-state index contributed by atoms with van der Waals surface area (Å²) in [6.45, 7) is 6.93. The van der Waals surface area contributed by atoms with E-state index in [-0.39, 0.29) is 5.91 Å². The van der Waals surface area contributed by atoms with Gasteiger partial charge >= 0.3 is 0 Å². The first-order valence-corrected chi connectivity index (χ1v) is 10.6. The molecule has 31 heavy (non-hydrogen) atoms. The third-order valence-electron chi connectivity index (χ3n) is 5.95. The maximum Gasteiger partial charge on any atom is 0.228 e. The highest BCUT2D eigenvalue weighted by molar-refractivity contribution is 5.82. The zero-order chi connectivity index (χ0) is 22.0. The number of benzene rings is 1. The maximum absolute atomic E-state index is 13.1. The molecule has 0 fully saturated rings. The second-order valence-corrected chi connectivity index (χ2v) is 8.19. The first-order valence-electron chi connectivity index (χ1n) is 10.6. The van der Waals surface area contributed by atoms with E-state index in [1.165, 1.54) is 16.7 Å². The fourth-order valence-electron chi connectivity index (χ4n) is 3.79. The number of hydrogen-bond donors (Lipinski definition) is 0. The van der Waals surface area contributed by atoms with Crippen LogP contribution >= 0.6 is 0 Å². The molecule has 0 aliphatic carbocycles. The van der Waals surface area contributed by atoms with E-state index in [1.54, 1.807) is 17.3 Å². The highest BCUT2D eigenvalue weighted by Crippen LogP contribution is 2.28. The monoisotopic (exact) mass is 412 g/mol. The second kappa shape index (κ2) is 8.72. The Morgan fingerprint density at radius 3 is 2.52 bits per heavy atom. The van der Waals surface area contributed by atoms with Crippen LogP contribution in [-0.4, -0.2) is 38.8 Å². The van der Waals surface area contributed by atoms with Crippen LogP contribution in [0.1, 0.15) is 27.9 Å². The van der Waals surface area contributed by atoms with Gasteiger partial charge in [-0.1, -0.05) is 18.2 Å². The molecule has 5 heteroatoms. The minimum absolute atomic E-state index is 0.0856. The quantitative estimate of drug-likeness (QED) is 0.466. The van der Waals surface area contributed by atoms with E-state index in [1.807, 2.05) is 31.4 Å². The molecule has 0 aliphatic heterocycles. The molecule has 0 spiro atoms. The van der Waals surface area contributed by atoms with Crippen molar-refractivity contribution in [3.8, 4) is 11.3 Å². The van der Waals surface area contributed by atoms with E-state index in [9.17, 15) is 4.79 Å². The number of nitrogens with zero attached hydrogens (tertiary/aromatic N) is 4. The van der Waals surface area contributed by atoms with Crippen molar-refractivity contribution in [1.82, 2.24) is 19.3 Å². The van der Waals surface area contributed by atoms with Crippen molar-refractivity contribution in [1.29, 1.82) is 0 Å². The minimum atomic E-state index is 0.0856. The van der Waals surface area contributed by atoms with E-state index in [2.05, 4.69) is 54.4 Å². The number of likely N-dealkylation sites (N-methyl/N-ethyl adjacent to an activating group) is 1. The summed E-state index contributed by atoms with van der Waals surface area (Å²) in [6.07, 6.45) is 6.68. The van der Waals surface area contributed by atoms with Gasteiger partial charge < -0.3 is 9.30 Å². The average Bonchev–Trinajstić information content (AvgIpc) is 3.14. The summed E-state index contributed by atoms with van der Waals surface area (Å²) in [6, 6.07) is 14.4. The van der Waals surface area contributed by atoms with Gasteiger partial charge in [0.2, 0.25) is 5.91 Å². The van der Waals surface area contributed by atoms with Crippen molar-refractivity contribution in [3.63, 3.8) is 0 Å². The molecule has 4 aromatic rings. The third kappa shape index (κ3) is 4.36. The van der Waals surface area contributed by atoms with Gasteiger partial charge in [0, 0.05) is 37.7 Å². The topological polar surface area (TPSA) is 50.5 Å². The van der Waals surface area contributed by atoms with Crippen LogP contribution in [0.25, 0.3) is 16.9 Å². The summed E-state index contributed by atoms with van der Waals surface area (Å²) in [5.41, 5.74) is 8.51. The van der Waals surface area contributed by atoms with E-state index >= 15 is 0 Å². The van der Waals surface area contributed by atoms with E-state index in [0.29, 0.717) is 13.0 Å². The normalized spacial score (nSPS) is 11.1. The fraction of sp³-hybridized carbons (Fsp3) is 0.269. The van der Waals surface area contributed by atoms with Crippen molar-refractivity contribution in [2.24, 2.45) is 0 Å². The summed E-state index contributed by atoms with van der Waals surface area (Å²) < 4.78 is 2.06. The Morgan fingerprint density at radius 2 is 1.77 bits per heavy atom. The number of imidazole rings is 1. The Balaban J connectivity index is 1.64. The zero-order valence-corrected chi connectivity index (χ0v) is 18.6. The van der Waals surface area contributed by atoms with Crippen LogP contribution in [0.15, 0.2) is 61.1 Å². The minimum Gasteiger partial charge on any atom is -0.345 e. The third-order valence-corrected chi connectivity index (χ3v) is 5.95. The van der Waals surface area contributed by atoms with Gasteiger partial charge in [-0.25, -0.2) is 4.98 Å². The first-order chi connectivity index (χ1) is 14.9. The molecular formula is C26H28N4O. The van der Waals surface area contributed by atoms with Crippen molar-refractivity contribution < 1.29 is 4.79 Å². The van der Waals surface area contributed by atoms with Crippen molar-refractivity contribution >= 4 is 11.6 Å². The summed E-state index contributed by atoms with van der Waals surface area (Å²) in [5.74, 6) is 0.0856. The SMILES string of the molecule is Cc1ccc(-c2nc3c(C)cccn3c2CC(=O)N(C)CCc2ccncc2)cc1C. The number of amides is 1. The fourth-order valence-corrected chi connectivity index (χ4v) is 3.79.